The first-order valence-corrected chi connectivity index (χ1v) is 10.6. The number of halogens is 2. The number of fused-ring (bicyclic) bond motifs is 2. The minimum absolute atomic E-state index is 0.0441. The molecule has 0 radical (unpaired) electrons. The van der Waals surface area contributed by atoms with Crippen LogP contribution in [0, 0.1) is 0 Å². The van der Waals surface area contributed by atoms with E-state index in [9.17, 15) is 9.59 Å². The van der Waals surface area contributed by atoms with Crippen LogP contribution in [-0.4, -0.2) is 13.0 Å². The fourth-order valence-corrected chi connectivity index (χ4v) is 4.42. The Morgan fingerprint density at radius 2 is 1.81 bits per heavy atom. The standard InChI is InChI=1S/C24H15BrClNO4/c1-30-17-4-2-3-16(12-17)27-21(13-5-8-15(26)9-6-13)20-22(28)18-11-14(25)7-10-19(18)31-23(20)24(27)29/h2-12,21H,1H3. The largest absolute Gasteiger partial charge is 0.497 e. The Morgan fingerprint density at radius 3 is 2.55 bits per heavy atom. The van der Waals surface area contributed by atoms with E-state index in [-0.39, 0.29) is 17.1 Å². The molecule has 5 rings (SSSR count). The first-order valence-electron chi connectivity index (χ1n) is 9.47. The van der Waals surface area contributed by atoms with Crippen molar-refractivity contribution < 1.29 is 13.9 Å². The summed E-state index contributed by atoms with van der Waals surface area (Å²) in [6.07, 6.45) is 0. The van der Waals surface area contributed by atoms with Gasteiger partial charge in [0.1, 0.15) is 11.3 Å². The molecule has 0 spiro atoms. The smallest absolute Gasteiger partial charge is 0.295 e. The Morgan fingerprint density at radius 1 is 1.03 bits per heavy atom. The van der Waals surface area contributed by atoms with Crippen LogP contribution in [0.4, 0.5) is 5.69 Å². The van der Waals surface area contributed by atoms with Crippen molar-refractivity contribution >= 4 is 50.1 Å². The van der Waals surface area contributed by atoms with Gasteiger partial charge in [0.2, 0.25) is 5.76 Å². The van der Waals surface area contributed by atoms with Crippen molar-refractivity contribution in [1.82, 2.24) is 0 Å². The van der Waals surface area contributed by atoms with Crippen molar-refractivity contribution in [2.75, 3.05) is 12.0 Å². The highest BCUT2D eigenvalue weighted by Gasteiger charge is 2.43. The molecule has 1 atom stereocenters. The molecule has 2 heterocycles. The van der Waals surface area contributed by atoms with E-state index in [2.05, 4.69) is 15.9 Å². The number of nitrogens with zero attached hydrogens (tertiary/aromatic N) is 1. The molecule has 31 heavy (non-hydrogen) atoms. The minimum atomic E-state index is -0.661. The zero-order valence-electron chi connectivity index (χ0n) is 16.3. The van der Waals surface area contributed by atoms with E-state index in [0.29, 0.717) is 33.0 Å². The predicted octanol–water partition coefficient (Wildman–Crippen LogP) is 5.97. The molecule has 0 saturated heterocycles. The number of amides is 1. The van der Waals surface area contributed by atoms with Gasteiger partial charge in [-0.1, -0.05) is 45.7 Å². The third kappa shape index (κ3) is 3.23. The lowest BCUT2D eigenvalue weighted by Gasteiger charge is -2.25. The first kappa shape index (κ1) is 19.8. The van der Waals surface area contributed by atoms with E-state index in [0.717, 1.165) is 10.0 Å². The second-order valence-electron chi connectivity index (χ2n) is 7.15. The Bertz CT molecular complexity index is 1400. The summed E-state index contributed by atoms with van der Waals surface area (Å²) in [5.41, 5.74) is 1.78. The van der Waals surface area contributed by atoms with Crippen molar-refractivity contribution in [3.8, 4) is 5.75 Å². The Labute approximate surface area is 190 Å². The van der Waals surface area contributed by atoms with Gasteiger partial charge in [0, 0.05) is 21.2 Å². The third-order valence-corrected chi connectivity index (χ3v) is 6.09. The van der Waals surface area contributed by atoms with E-state index in [1.807, 2.05) is 12.1 Å². The number of carbonyl (C=O) groups is 1. The SMILES string of the molecule is COc1cccc(N2C(=O)c3oc4ccc(Br)cc4c(=O)c3C2c2ccc(Cl)cc2)c1. The lowest BCUT2D eigenvalue weighted by atomic mass is 9.98. The topological polar surface area (TPSA) is 59.8 Å². The summed E-state index contributed by atoms with van der Waals surface area (Å²) in [5.74, 6) is 0.261. The lowest BCUT2D eigenvalue weighted by molar-refractivity contribution is 0.0971. The van der Waals surface area contributed by atoms with E-state index in [4.69, 9.17) is 20.8 Å². The summed E-state index contributed by atoms with van der Waals surface area (Å²) < 4.78 is 12.1. The molecule has 0 aliphatic carbocycles. The summed E-state index contributed by atoms with van der Waals surface area (Å²) in [5, 5.41) is 0.975. The van der Waals surface area contributed by atoms with Gasteiger partial charge < -0.3 is 9.15 Å². The quantitative estimate of drug-likeness (QED) is 0.351. The van der Waals surface area contributed by atoms with Crippen molar-refractivity contribution in [3.63, 3.8) is 0 Å². The zero-order chi connectivity index (χ0) is 21.7. The number of ether oxygens (including phenoxy) is 1. The molecule has 0 fully saturated rings. The fraction of sp³-hybridized carbons (Fsp3) is 0.0833. The average Bonchev–Trinajstić information content (AvgIpc) is 3.07. The number of anilines is 1. The molecule has 1 amide bonds. The van der Waals surface area contributed by atoms with Crippen LogP contribution in [0.1, 0.15) is 27.7 Å². The highest BCUT2D eigenvalue weighted by molar-refractivity contribution is 9.10. The minimum Gasteiger partial charge on any atom is -0.497 e. The van der Waals surface area contributed by atoms with Gasteiger partial charge in [-0.3, -0.25) is 14.5 Å². The van der Waals surface area contributed by atoms with Crippen molar-refractivity contribution in [2.24, 2.45) is 0 Å². The molecule has 1 aliphatic heterocycles. The van der Waals surface area contributed by atoms with Gasteiger partial charge in [0.05, 0.1) is 24.1 Å². The van der Waals surface area contributed by atoms with Crippen LogP contribution in [0.15, 0.2) is 80.4 Å². The highest BCUT2D eigenvalue weighted by Crippen LogP contribution is 2.42. The number of rotatable bonds is 3. The number of benzene rings is 3. The summed E-state index contributed by atoms with van der Waals surface area (Å²) in [4.78, 5) is 28.7. The molecular weight excluding hydrogens is 482 g/mol. The van der Waals surface area contributed by atoms with Crippen LogP contribution in [0.3, 0.4) is 0 Å². The maximum absolute atomic E-state index is 13.6. The Balaban J connectivity index is 1.81. The van der Waals surface area contributed by atoms with Crippen LogP contribution >= 0.6 is 27.5 Å². The summed E-state index contributed by atoms with van der Waals surface area (Å²) in [7, 11) is 1.56. The van der Waals surface area contributed by atoms with Gasteiger partial charge in [-0.05, 0) is 48.0 Å². The first-order chi connectivity index (χ1) is 15.0. The second kappa shape index (κ2) is 7.55. The van der Waals surface area contributed by atoms with E-state index >= 15 is 0 Å². The number of carbonyl (C=O) groups excluding carboxylic acids is 1. The molecule has 0 saturated carbocycles. The van der Waals surface area contributed by atoms with Crippen LogP contribution in [0.5, 0.6) is 5.75 Å². The predicted molar refractivity (Wildman–Crippen MR) is 123 cm³/mol. The van der Waals surface area contributed by atoms with E-state index < -0.39 is 6.04 Å². The Hall–Kier alpha value is -3.09. The molecule has 0 bridgehead atoms. The maximum atomic E-state index is 13.6. The number of hydrogen-bond acceptors (Lipinski definition) is 4. The van der Waals surface area contributed by atoms with Gasteiger partial charge in [-0.25, -0.2) is 0 Å². The van der Waals surface area contributed by atoms with E-state index in [1.54, 1.807) is 66.6 Å². The molecule has 4 aromatic rings. The molecule has 0 N–H and O–H groups in total. The molecule has 1 unspecified atom stereocenters. The number of methoxy groups -OCH3 is 1. The van der Waals surface area contributed by atoms with Crippen LogP contribution in [0.2, 0.25) is 5.02 Å². The average molecular weight is 497 g/mol. The highest BCUT2D eigenvalue weighted by atomic mass is 79.9. The maximum Gasteiger partial charge on any atom is 0.295 e. The monoisotopic (exact) mass is 495 g/mol. The fourth-order valence-electron chi connectivity index (χ4n) is 3.93. The summed E-state index contributed by atoms with van der Waals surface area (Å²) in [6.45, 7) is 0. The molecule has 154 valence electrons. The molecule has 1 aromatic heterocycles. The van der Waals surface area contributed by atoms with Crippen molar-refractivity contribution in [2.45, 2.75) is 6.04 Å². The van der Waals surface area contributed by atoms with Crippen molar-refractivity contribution in [3.05, 3.63) is 103 Å². The summed E-state index contributed by atoms with van der Waals surface area (Å²) in [6, 6.07) is 18.8. The van der Waals surface area contributed by atoms with Crippen molar-refractivity contribution in [1.29, 1.82) is 0 Å². The van der Waals surface area contributed by atoms with Gasteiger partial charge >= 0.3 is 0 Å². The molecule has 5 nitrogen and oxygen atoms in total. The summed E-state index contributed by atoms with van der Waals surface area (Å²) >= 11 is 9.49. The molecule has 7 heteroatoms. The van der Waals surface area contributed by atoms with Gasteiger partial charge in [0.25, 0.3) is 5.91 Å². The molecule has 3 aromatic carbocycles. The normalized spacial score (nSPS) is 15.4. The van der Waals surface area contributed by atoms with Gasteiger partial charge in [-0.15, -0.1) is 0 Å². The zero-order valence-corrected chi connectivity index (χ0v) is 18.6. The Kier molecular flexibility index (Phi) is 4.84. The molecule has 1 aliphatic rings. The van der Waals surface area contributed by atoms with Crippen LogP contribution in [0.25, 0.3) is 11.0 Å². The number of hydrogen-bond donors (Lipinski definition) is 0. The van der Waals surface area contributed by atoms with Crippen LogP contribution in [-0.2, 0) is 0 Å². The van der Waals surface area contributed by atoms with Gasteiger partial charge in [-0.2, -0.15) is 0 Å². The third-order valence-electron chi connectivity index (χ3n) is 5.35. The second-order valence-corrected chi connectivity index (χ2v) is 8.50. The molecular formula is C24H15BrClNO4. The van der Waals surface area contributed by atoms with Crippen LogP contribution < -0.4 is 15.1 Å². The van der Waals surface area contributed by atoms with E-state index in [1.165, 1.54) is 0 Å². The van der Waals surface area contributed by atoms with Gasteiger partial charge in [0.15, 0.2) is 5.43 Å². The lowest BCUT2D eigenvalue weighted by Crippen LogP contribution is -2.29.